The molecule has 1 fully saturated rings. The number of hydrogen-bond donors (Lipinski definition) is 0. The van der Waals surface area contributed by atoms with Crippen LogP contribution in [0.4, 0.5) is 10.6 Å². The van der Waals surface area contributed by atoms with Crippen molar-refractivity contribution >= 4 is 23.5 Å². The first-order chi connectivity index (χ1) is 9.35. The van der Waals surface area contributed by atoms with Gasteiger partial charge in [0.2, 0.25) is 0 Å². The second-order valence-corrected chi connectivity index (χ2v) is 6.23. The molecule has 110 valence electrons. The number of aromatic nitrogens is 1. The van der Waals surface area contributed by atoms with Crippen molar-refractivity contribution in [1.29, 1.82) is 0 Å². The van der Waals surface area contributed by atoms with Crippen LogP contribution in [-0.4, -0.2) is 47.8 Å². The molecule has 1 amide bonds. The number of anilines is 1. The van der Waals surface area contributed by atoms with Gasteiger partial charge in [0.15, 0.2) is 0 Å². The summed E-state index contributed by atoms with van der Waals surface area (Å²) in [7, 11) is 0. The second-order valence-electron chi connectivity index (χ2n) is 5.79. The fourth-order valence-corrected chi connectivity index (χ4v) is 2.11. The van der Waals surface area contributed by atoms with Gasteiger partial charge in [-0.15, -0.1) is 0 Å². The van der Waals surface area contributed by atoms with Gasteiger partial charge in [0.25, 0.3) is 0 Å². The summed E-state index contributed by atoms with van der Waals surface area (Å²) in [4.78, 5) is 20.1. The van der Waals surface area contributed by atoms with E-state index in [1.807, 2.05) is 32.9 Å². The Hall–Kier alpha value is -1.49. The van der Waals surface area contributed by atoms with Crippen LogP contribution in [0.5, 0.6) is 0 Å². The molecule has 0 saturated carbocycles. The van der Waals surface area contributed by atoms with Crippen molar-refractivity contribution < 1.29 is 9.53 Å². The largest absolute Gasteiger partial charge is 0.444 e. The van der Waals surface area contributed by atoms with Gasteiger partial charge in [-0.3, -0.25) is 0 Å². The number of piperazine rings is 1. The normalized spacial score (nSPS) is 16.2. The van der Waals surface area contributed by atoms with E-state index in [1.165, 1.54) is 0 Å². The maximum absolute atomic E-state index is 12.0. The van der Waals surface area contributed by atoms with Gasteiger partial charge in [-0.05, 0) is 32.9 Å². The average Bonchev–Trinajstić information content (AvgIpc) is 2.38. The third-order valence-electron chi connectivity index (χ3n) is 2.97. The molecule has 0 unspecified atom stereocenters. The van der Waals surface area contributed by atoms with Gasteiger partial charge in [-0.1, -0.05) is 11.6 Å². The summed E-state index contributed by atoms with van der Waals surface area (Å²) in [5, 5.41) is 0.626. The van der Waals surface area contributed by atoms with Crippen LogP contribution in [-0.2, 0) is 4.74 Å². The topological polar surface area (TPSA) is 45.7 Å². The quantitative estimate of drug-likeness (QED) is 0.799. The van der Waals surface area contributed by atoms with E-state index in [9.17, 15) is 4.79 Å². The van der Waals surface area contributed by atoms with E-state index in [-0.39, 0.29) is 6.09 Å². The Labute approximate surface area is 124 Å². The Morgan fingerprint density at radius 1 is 1.25 bits per heavy atom. The Kier molecular flexibility index (Phi) is 4.38. The second kappa shape index (κ2) is 5.87. The van der Waals surface area contributed by atoms with Gasteiger partial charge in [0.05, 0.1) is 5.02 Å². The molecule has 0 aromatic carbocycles. The van der Waals surface area contributed by atoms with Crippen molar-refractivity contribution in [2.24, 2.45) is 0 Å². The van der Waals surface area contributed by atoms with Crippen LogP contribution in [0.3, 0.4) is 0 Å². The zero-order valence-corrected chi connectivity index (χ0v) is 12.9. The van der Waals surface area contributed by atoms with Crippen LogP contribution in [0.1, 0.15) is 20.8 Å². The van der Waals surface area contributed by atoms with Gasteiger partial charge in [-0.2, -0.15) is 0 Å². The van der Waals surface area contributed by atoms with E-state index in [2.05, 4.69) is 9.88 Å². The maximum Gasteiger partial charge on any atom is 0.410 e. The molecule has 20 heavy (non-hydrogen) atoms. The molecular weight excluding hydrogens is 278 g/mol. The minimum absolute atomic E-state index is 0.249. The number of nitrogens with zero attached hydrogens (tertiary/aromatic N) is 3. The van der Waals surface area contributed by atoms with Crippen molar-refractivity contribution in [1.82, 2.24) is 9.88 Å². The van der Waals surface area contributed by atoms with E-state index in [0.29, 0.717) is 18.1 Å². The smallest absolute Gasteiger partial charge is 0.410 e. The number of amides is 1. The van der Waals surface area contributed by atoms with Crippen molar-refractivity contribution in [2.45, 2.75) is 26.4 Å². The number of carbonyl (C=O) groups excluding carboxylic acids is 1. The van der Waals surface area contributed by atoms with Gasteiger partial charge >= 0.3 is 6.09 Å². The Bertz CT molecular complexity index is 462. The SMILES string of the molecule is CC(C)(C)OC(=O)N1CCN(c2ccc(Cl)cn2)CC1. The molecule has 1 saturated heterocycles. The molecule has 1 aliphatic heterocycles. The van der Waals surface area contributed by atoms with Gasteiger partial charge < -0.3 is 14.5 Å². The van der Waals surface area contributed by atoms with E-state index in [4.69, 9.17) is 16.3 Å². The first-order valence-electron chi connectivity index (χ1n) is 6.69. The minimum atomic E-state index is -0.452. The van der Waals surface area contributed by atoms with Crippen LogP contribution in [0.15, 0.2) is 18.3 Å². The van der Waals surface area contributed by atoms with Gasteiger partial charge in [0.1, 0.15) is 11.4 Å². The predicted molar refractivity (Wildman–Crippen MR) is 79.3 cm³/mol. The van der Waals surface area contributed by atoms with Crippen molar-refractivity contribution in [3.05, 3.63) is 23.4 Å². The molecule has 1 aromatic rings. The third-order valence-corrected chi connectivity index (χ3v) is 3.19. The molecule has 0 radical (unpaired) electrons. The summed E-state index contributed by atoms with van der Waals surface area (Å²) in [5.41, 5.74) is -0.452. The number of pyridine rings is 1. The van der Waals surface area contributed by atoms with E-state index < -0.39 is 5.60 Å². The Morgan fingerprint density at radius 2 is 1.90 bits per heavy atom. The highest BCUT2D eigenvalue weighted by atomic mass is 35.5. The molecule has 0 N–H and O–H groups in total. The lowest BCUT2D eigenvalue weighted by atomic mass is 10.2. The third kappa shape index (κ3) is 4.00. The first kappa shape index (κ1) is 14.9. The minimum Gasteiger partial charge on any atom is -0.444 e. The van der Waals surface area contributed by atoms with Crippen LogP contribution < -0.4 is 4.90 Å². The number of hydrogen-bond acceptors (Lipinski definition) is 4. The fourth-order valence-electron chi connectivity index (χ4n) is 2.00. The standard InChI is InChI=1S/C14H20ClN3O2/c1-14(2,3)20-13(19)18-8-6-17(7-9-18)12-5-4-11(15)10-16-12/h4-5,10H,6-9H2,1-3H3. The summed E-state index contributed by atoms with van der Waals surface area (Å²) in [5.74, 6) is 0.887. The molecule has 1 aromatic heterocycles. The molecule has 0 spiro atoms. The summed E-state index contributed by atoms with van der Waals surface area (Å²) in [6, 6.07) is 3.72. The van der Waals surface area contributed by atoms with Crippen LogP contribution in [0, 0.1) is 0 Å². The van der Waals surface area contributed by atoms with Gasteiger partial charge in [-0.25, -0.2) is 9.78 Å². The van der Waals surface area contributed by atoms with Crippen LogP contribution >= 0.6 is 11.6 Å². The molecule has 0 aliphatic carbocycles. The molecular formula is C14H20ClN3O2. The number of rotatable bonds is 1. The lowest BCUT2D eigenvalue weighted by Crippen LogP contribution is -2.50. The highest BCUT2D eigenvalue weighted by molar-refractivity contribution is 6.30. The monoisotopic (exact) mass is 297 g/mol. The number of carbonyl (C=O) groups is 1. The molecule has 1 aliphatic rings. The summed E-state index contributed by atoms with van der Waals surface area (Å²) >= 11 is 5.83. The van der Waals surface area contributed by atoms with Crippen molar-refractivity contribution in [3.8, 4) is 0 Å². The molecule has 2 heterocycles. The van der Waals surface area contributed by atoms with Gasteiger partial charge in [0, 0.05) is 32.4 Å². The zero-order valence-electron chi connectivity index (χ0n) is 12.1. The lowest BCUT2D eigenvalue weighted by Gasteiger charge is -2.36. The number of halogens is 1. The van der Waals surface area contributed by atoms with Crippen LogP contribution in [0.2, 0.25) is 5.02 Å². The maximum atomic E-state index is 12.0. The fraction of sp³-hybridized carbons (Fsp3) is 0.571. The number of ether oxygens (including phenoxy) is 1. The molecule has 2 rings (SSSR count). The lowest BCUT2D eigenvalue weighted by molar-refractivity contribution is 0.0240. The Morgan fingerprint density at radius 3 is 2.40 bits per heavy atom. The van der Waals surface area contributed by atoms with E-state index >= 15 is 0 Å². The predicted octanol–water partition coefficient (Wildman–Crippen LogP) is 2.79. The van der Waals surface area contributed by atoms with E-state index in [0.717, 1.165) is 18.9 Å². The Balaban J connectivity index is 1.89. The average molecular weight is 298 g/mol. The molecule has 0 bridgehead atoms. The summed E-state index contributed by atoms with van der Waals surface area (Å²) in [6.45, 7) is 8.39. The highest BCUT2D eigenvalue weighted by Gasteiger charge is 2.26. The van der Waals surface area contributed by atoms with E-state index in [1.54, 1.807) is 11.1 Å². The van der Waals surface area contributed by atoms with Crippen LogP contribution in [0.25, 0.3) is 0 Å². The first-order valence-corrected chi connectivity index (χ1v) is 7.07. The van der Waals surface area contributed by atoms with Crippen molar-refractivity contribution in [3.63, 3.8) is 0 Å². The zero-order chi connectivity index (χ0) is 14.8. The molecule has 5 nitrogen and oxygen atoms in total. The van der Waals surface area contributed by atoms with Crippen molar-refractivity contribution in [2.75, 3.05) is 31.1 Å². The summed E-state index contributed by atoms with van der Waals surface area (Å²) < 4.78 is 5.37. The molecule has 6 heteroatoms. The molecule has 0 atom stereocenters. The highest BCUT2D eigenvalue weighted by Crippen LogP contribution is 2.17. The summed E-state index contributed by atoms with van der Waals surface area (Å²) in [6.07, 6.45) is 1.39.